The van der Waals surface area contributed by atoms with Gasteiger partial charge in [-0.05, 0) is 36.2 Å². The molecule has 2 aromatic rings. The van der Waals surface area contributed by atoms with Crippen LogP contribution in [0.5, 0.6) is 0 Å². The van der Waals surface area contributed by atoms with E-state index in [4.69, 9.17) is 0 Å². The number of benzene rings is 2. The highest BCUT2D eigenvalue weighted by atomic mass is 19.2. The minimum absolute atomic E-state index is 0.0670. The van der Waals surface area contributed by atoms with Crippen molar-refractivity contribution in [2.24, 2.45) is 5.92 Å². The highest BCUT2D eigenvalue weighted by molar-refractivity contribution is 6.21. The van der Waals surface area contributed by atoms with Crippen molar-refractivity contribution in [1.82, 2.24) is 15.8 Å². The van der Waals surface area contributed by atoms with Gasteiger partial charge in [-0.25, -0.2) is 18.6 Å². The minimum atomic E-state index is -1.05. The molecule has 4 rings (SSSR count). The Bertz CT molecular complexity index is 1080. The summed E-state index contributed by atoms with van der Waals surface area (Å²) in [5.41, 5.74) is 4.90. The molecule has 2 atom stereocenters. The van der Waals surface area contributed by atoms with Gasteiger partial charge in [0.05, 0.1) is 18.2 Å². The number of hydrogen-bond donors (Lipinski definition) is 2. The Morgan fingerprint density at radius 2 is 1.87 bits per heavy atom. The summed E-state index contributed by atoms with van der Waals surface area (Å²) in [6.07, 6.45) is 0.246. The van der Waals surface area contributed by atoms with Crippen LogP contribution in [0.15, 0.2) is 42.1 Å². The number of fused-ring (bicyclic) bond motifs is 1. The fourth-order valence-electron chi connectivity index (χ4n) is 3.89. The summed E-state index contributed by atoms with van der Waals surface area (Å²) >= 11 is 0. The van der Waals surface area contributed by atoms with E-state index in [0.717, 1.165) is 12.1 Å². The van der Waals surface area contributed by atoms with Crippen molar-refractivity contribution in [3.05, 3.63) is 76.2 Å². The monoisotopic (exact) mass is 415 g/mol. The second kappa shape index (κ2) is 7.60. The minimum Gasteiger partial charge on any atom is -0.344 e. The van der Waals surface area contributed by atoms with Crippen molar-refractivity contribution < 1.29 is 22.8 Å². The van der Waals surface area contributed by atoms with Crippen LogP contribution in [0, 0.1) is 23.4 Å². The molecule has 156 valence electrons. The molecule has 8 heteroatoms. The molecular weight excluding hydrogens is 395 g/mol. The zero-order valence-electron chi connectivity index (χ0n) is 16.4. The number of ketones is 1. The fraction of sp³-hybridized carbons (Fsp3) is 0.273. The third-order valence-corrected chi connectivity index (χ3v) is 5.63. The zero-order chi connectivity index (χ0) is 21.6. The van der Waals surface area contributed by atoms with E-state index in [1.807, 2.05) is 0 Å². The van der Waals surface area contributed by atoms with Gasteiger partial charge in [0.2, 0.25) is 0 Å². The molecule has 0 radical (unpaired) electrons. The molecule has 2 aromatic carbocycles. The highest BCUT2D eigenvalue weighted by Crippen LogP contribution is 2.39. The molecule has 0 spiro atoms. The lowest BCUT2D eigenvalue weighted by atomic mass is 9.92. The number of nitrogens with zero attached hydrogens (tertiary/aromatic N) is 1. The Labute approximate surface area is 171 Å². The highest BCUT2D eigenvalue weighted by Gasteiger charge is 2.44. The lowest BCUT2D eigenvalue weighted by molar-refractivity contribution is -0.116. The zero-order valence-corrected chi connectivity index (χ0v) is 16.4. The number of carbonyl (C=O) groups excluding carboxylic acids is 2. The second-order valence-corrected chi connectivity index (χ2v) is 7.44. The first-order valence-electron chi connectivity index (χ1n) is 9.54. The van der Waals surface area contributed by atoms with E-state index in [9.17, 15) is 22.8 Å². The first-order valence-corrected chi connectivity index (χ1v) is 9.54. The number of allylic oxidation sites excluding steroid dienone is 1. The molecule has 1 saturated carbocycles. The van der Waals surface area contributed by atoms with Crippen molar-refractivity contribution >= 4 is 17.3 Å². The van der Waals surface area contributed by atoms with Crippen LogP contribution < -0.4 is 10.7 Å². The van der Waals surface area contributed by atoms with Crippen LogP contribution >= 0.6 is 0 Å². The molecule has 1 aliphatic heterocycles. The molecule has 2 aliphatic rings. The summed E-state index contributed by atoms with van der Waals surface area (Å²) < 4.78 is 41.5. The Morgan fingerprint density at radius 1 is 1.13 bits per heavy atom. The smallest absolute Gasteiger partial charge is 0.254 e. The summed E-state index contributed by atoms with van der Waals surface area (Å²) in [5, 5.41) is 4.44. The quantitative estimate of drug-likeness (QED) is 0.787. The maximum Gasteiger partial charge on any atom is 0.254 e. The number of Topliss-reactive ketones (excluding diaryl/α,β-unsaturated/α-hetero) is 1. The van der Waals surface area contributed by atoms with Gasteiger partial charge in [0.1, 0.15) is 11.6 Å². The third-order valence-electron chi connectivity index (χ3n) is 5.63. The summed E-state index contributed by atoms with van der Waals surface area (Å²) in [5.74, 6) is -3.58. The Balaban J connectivity index is 1.72. The standard InChI is InChI=1S/C22H20F3N3O2/c1-11-20(13-4-3-5-16(23)15(13)10-28(11)26-2)22(30)27-21(14-9-19(14)29)12-6-7-17(24)18(25)8-12/h3-8,14,21,26H,9-10H2,1-2H3,(H,27,30)/t14?,21-/m1/s1. The lowest BCUT2D eigenvalue weighted by Crippen LogP contribution is -2.40. The van der Waals surface area contributed by atoms with Gasteiger partial charge in [0.25, 0.3) is 5.91 Å². The van der Waals surface area contributed by atoms with Gasteiger partial charge in [-0.2, -0.15) is 0 Å². The normalized spacial score (nSPS) is 18.9. The van der Waals surface area contributed by atoms with Crippen LogP contribution in [-0.2, 0) is 16.1 Å². The van der Waals surface area contributed by atoms with Gasteiger partial charge in [-0.1, -0.05) is 18.2 Å². The van der Waals surface area contributed by atoms with Crippen LogP contribution in [0.3, 0.4) is 0 Å². The number of carbonyl (C=O) groups is 2. The Morgan fingerprint density at radius 3 is 2.50 bits per heavy atom. The van der Waals surface area contributed by atoms with Gasteiger partial charge in [-0.15, -0.1) is 0 Å². The summed E-state index contributed by atoms with van der Waals surface area (Å²) in [6, 6.07) is 7.03. The van der Waals surface area contributed by atoms with E-state index in [-0.39, 0.29) is 24.3 Å². The summed E-state index contributed by atoms with van der Waals surface area (Å²) in [6.45, 7) is 1.98. The van der Waals surface area contributed by atoms with Crippen LogP contribution in [0.4, 0.5) is 13.2 Å². The molecule has 0 bridgehead atoms. The topological polar surface area (TPSA) is 61.4 Å². The maximum absolute atomic E-state index is 14.4. The summed E-state index contributed by atoms with van der Waals surface area (Å²) in [4.78, 5) is 25.1. The molecule has 1 fully saturated rings. The third kappa shape index (κ3) is 3.47. The van der Waals surface area contributed by atoms with Crippen LogP contribution in [0.2, 0.25) is 0 Å². The summed E-state index contributed by atoms with van der Waals surface area (Å²) in [7, 11) is 1.66. The number of rotatable bonds is 5. The second-order valence-electron chi connectivity index (χ2n) is 7.44. The van der Waals surface area contributed by atoms with E-state index >= 15 is 0 Å². The molecule has 1 heterocycles. The first-order chi connectivity index (χ1) is 14.3. The average molecular weight is 415 g/mol. The van der Waals surface area contributed by atoms with Crippen LogP contribution in [0.1, 0.15) is 36.1 Å². The molecule has 0 aromatic heterocycles. The molecule has 1 unspecified atom stereocenters. The fourth-order valence-corrected chi connectivity index (χ4v) is 3.89. The van der Waals surface area contributed by atoms with E-state index < -0.39 is 35.3 Å². The predicted molar refractivity (Wildman–Crippen MR) is 104 cm³/mol. The largest absolute Gasteiger partial charge is 0.344 e. The maximum atomic E-state index is 14.4. The number of halogens is 3. The van der Waals surface area contributed by atoms with Crippen molar-refractivity contribution in [2.45, 2.75) is 25.9 Å². The number of hydrazine groups is 1. The number of amides is 1. The first kappa shape index (κ1) is 20.2. The van der Waals surface area contributed by atoms with Gasteiger partial charge in [0.15, 0.2) is 11.6 Å². The van der Waals surface area contributed by atoms with Gasteiger partial charge >= 0.3 is 0 Å². The number of hydrogen-bond acceptors (Lipinski definition) is 4. The molecule has 30 heavy (non-hydrogen) atoms. The Hall–Kier alpha value is -3.13. The average Bonchev–Trinajstić information content (AvgIpc) is 3.44. The molecule has 0 saturated heterocycles. The van der Waals surface area contributed by atoms with E-state index in [1.165, 1.54) is 18.2 Å². The SMILES string of the molecule is CNN1Cc2c(F)cccc2C(C(=O)N[C@H](c2ccc(F)c(F)c2)C2CC2=O)=C1C. The van der Waals surface area contributed by atoms with Gasteiger partial charge < -0.3 is 10.3 Å². The molecule has 2 N–H and O–H groups in total. The molecule has 5 nitrogen and oxygen atoms in total. The molecule has 1 amide bonds. The van der Waals surface area contributed by atoms with Crippen molar-refractivity contribution in [3.63, 3.8) is 0 Å². The molecule has 1 aliphatic carbocycles. The van der Waals surface area contributed by atoms with Crippen LogP contribution in [-0.4, -0.2) is 23.7 Å². The van der Waals surface area contributed by atoms with E-state index in [0.29, 0.717) is 22.4 Å². The van der Waals surface area contributed by atoms with Crippen molar-refractivity contribution in [3.8, 4) is 0 Å². The van der Waals surface area contributed by atoms with Crippen molar-refractivity contribution in [1.29, 1.82) is 0 Å². The number of nitrogens with one attached hydrogen (secondary N) is 2. The van der Waals surface area contributed by atoms with Gasteiger partial charge in [-0.3, -0.25) is 9.59 Å². The predicted octanol–water partition coefficient (Wildman–Crippen LogP) is 3.23. The lowest BCUT2D eigenvalue weighted by Gasteiger charge is -2.33. The van der Waals surface area contributed by atoms with Crippen LogP contribution in [0.25, 0.3) is 5.57 Å². The van der Waals surface area contributed by atoms with Gasteiger partial charge in [0, 0.05) is 30.6 Å². The van der Waals surface area contributed by atoms with Crippen molar-refractivity contribution in [2.75, 3.05) is 7.05 Å². The van der Waals surface area contributed by atoms with E-state index in [1.54, 1.807) is 25.0 Å². The Kier molecular flexibility index (Phi) is 5.11. The van der Waals surface area contributed by atoms with E-state index in [2.05, 4.69) is 10.7 Å². The molecular formula is C22H20F3N3O2.